The molecule has 0 unspecified atom stereocenters. The van der Waals surface area contributed by atoms with Crippen molar-refractivity contribution < 1.29 is 14.6 Å². The van der Waals surface area contributed by atoms with Crippen molar-refractivity contribution in [2.24, 2.45) is 0 Å². The highest BCUT2D eigenvalue weighted by Crippen LogP contribution is 2.39. The molecule has 0 saturated carbocycles. The Kier molecular flexibility index (Phi) is 3.85. The fourth-order valence-electron chi connectivity index (χ4n) is 2.32. The average molecular weight is 381 g/mol. The van der Waals surface area contributed by atoms with Crippen molar-refractivity contribution >= 4 is 50.8 Å². The van der Waals surface area contributed by atoms with E-state index in [1.165, 1.54) is 13.2 Å². The van der Waals surface area contributed by atoms with Crippen molar-refractivity contribution in [3.05, 3.63) is 51.0 Å². The third kappa shape index (κ3) is 2.58. The zero-order valence-electron chi connectivity index (χ0n) is 11.5. The summed E-state index contributed by atoms with van der Waals surface area (Å²) in [6, 6.07) is 8.60. The van der Waals surface area contributed by atoms with E-state index in [9.17, 15) is 9.90 Å². The third-order valence-electron chi connectivity index (χ3n) is 3.35. The van der Waals surface area contributed by atoms with Crippen LogP contribution in [0.25, 0.3) is 11.6 Å². The fourth-order valence-corrected chi connectivity index (χ4v) is 2.90. The summed E-state index contributed by atoms with van der Waals surface area (Å²) >= 11 is 9.41. The van der Waals surface area contributed by atoms with Crippen LogP contribution in [0.15, 0.2) is 34.8 Å². The number of phenols is 1. The molecule has 22 heavy (non-hydrogen) atoms. The smallest absolute Gasteiger partial charge is 0.256 e. The molecule has 1 amide bonds. The highest BCUT2D eigenvalue weighted by Gasteiger charge is 2.24. The van der Waals surface area contributed by atoms with Gasteiger partial charge in [-0.2, -0.15) is 0 Å². The van der Waals surface area contributed by atoms with Gasteiger partial charge < -0.3 is 15.2 Å². The first-order valence-electron chi connectivity index (χ1n) is 6.39. The second kappa shape index (κ2) is 5.66. The molecule has 2 aromatic carbocycles. The molecule has 3 rings (SSSR count). The van der Waals surface area contributed by atoms with E-state index in [0.29, 0.717) is 16.2 Å². The van der Waals surface area contributed by atoms with Gasteiger partial charge in [0.1, 0.15) is 0 Å². The average Bonchev–Trinajstić information content (AvgIpc) is 2.78. The van der Waals surface area contributed by atoms with E-state index in [-0.39, 0.29) is 17.4 Å². The number of anilines is 1. The van der Waals surface area contributed by atoms with Gasteiger partial charge in [-0.15, -0.1) is 0 Å². The first kappa shape index (κ1) is 14.9. The summed E-state index contributed by atoms with van der Waals surface area (Å²) in [5, 5.41) is 13.4. The number of fused-ring (bicyclic) bond motifs is 1. The Labute approximate surface area is 140 Å². The molecule has 6 heteroatoms. The van der Waals surface area contributed by atoms with Gasteiger partial charge in [0, 0.05) is 37.9 Å². The Morgan fingerprint density at radius 3 is 2.82 bits per heavy atom. The van der Waals surface area contributed by atoms with Crippen molar-refractivity contribution in [2.45, 2.75) is 0 Å². The van der Waals surface area contributed by atoms with Gasteiger partial charge in [0.2, 0.25) is 0 Å². The van der Waals surface area contributed by atoms with Gasteiger partial charge >= 0.3 is 0 Å². The number of halogens is 2. The number of amides is 1. The van der Waals surface area contributed by atoms with Crippen LogP contribution >= 0.6 is 27.5 Å². The molecule has 0 spiro atoms. The number of rotatable bonds is 2. The Hall–Kier alpha value is -1.98. The summed E-state index contributed by atoms with van der Waals surface area (Å²) in [4.78, 5) is 12.2. The predicted molar refractivity (Wildman–Crippen MR) is 90.3 cm³/mol. The molecular weight excluding hydrogens is 370 g/mol. The second-order valence-electron chi connectivity index (χ2n) is 4.75. The van der Waals surface area contributed by atoms with Gasteiger partial charge in [0.15, 0.2) is 11.5 Å². The quantitative estimate of drug-likeness (QED) is 0.763. The summed E-state index contributed by atoms with van der Waals surface area (Å²) in [6.45, 7) is 0. The number of hydrogen-bond acceptors (Lipinski definition) is 3. The van der Waals surface area contributed by atoms with Crippen molar-refractivity contribution in [2.75, 3.05) is 12.4 Å². The van der Waals surface area contributed by atoms with Gasteiger partial charge in [0.25, 0.3) is 5.91 Å². The van der Waals surface area contributed by atoms with E-state index >= 15 is 0 Å². The van der Waals surface area contributed by atoms with Gasteiger partial charge in [-0.05, 0) is 30.3 Å². The molecule has 1 heterocycles. The summed E-state index contributed by atoms with van der Waals surface area (Å²) in [7, 11) is 1.44. The number of hydrogen-bond donors (Lipinski definition) is 2. The summed E-state index contributed by atoms with van der Waals surface area (Å²) < 4.78 is 5.94. The van der Waals surface area contributed by atoms with E-state index in [2.05, 4.69) is 21.2 Å². The lowest BCUT2D eigenvalue weighted by atomic mass is 10.0. The molecule has 0 bridgehead atoms. The number of ether oxygens (including phenoxy) is 1. The highest BCUT2D eigenvalue weighted by atomic mass is 79.9. The monoisotopic (exact) mass is 379 g/mol. The lowest BCUT2D eigenvalue weighted by Gasteiger charge is -2.08. The summed E-state index contributed by atoms with van der Waals surface area (Å²) in [5.41, 5.74) is 2.36. The van der Waals surface area contributed by atoms with Crippen molar-refractivity contribution in [1.82, 2.24) is 0 Å². The number of benzene rings is 2. The molecule has 2 aromatic rings. The molecule has 0 saturated heterocycles. The molecule has 1 aliphatic heterocycles. The first-order chi connectivity index (χ1) is 10.5. The minimum atomic E-state index is -0.230. The minimum absolute atomic E-state index is 0.0596. The topological polar surface area (TPSA) is 58.6 Å². The maximum atomic E-state index is 12.2. The maximum Gasteiger partial charge on any atom is 0.256 e. The zero-order valence-corrected chi connectivity index (χ0v) is 13.8. The number of aromatic hydroxyl groups is 1. The molecule has 0 radical (unpaired) electrons. The number of methoxy groups -OCH3 is 1. The van der Waals surface area contributed by atoms with Crippen LogP contribution in [0.1, 0.15) is 11.1 Å². The zero-order chi connectivity index (χ0) is 15.9. The predicted octanol–water partition coefficient (Wildman–Crippen LogP) is 4.31. The molecule has 0 atom stereocenters. The van der Waals surface area contributed by atoms with Crippen LogP contribution in [0.2, 0.25) is 5.02 Å². The molecule has 1 aliphatic rings. The van der Waals surface area contributed by atoms with E-state index < -0.39 is 0 Å². The van der Waals surface area contributed by atoms with Crippen LogP contribution in [0.5, 0.6) is 11.5 Å². The molecule has 0 aromatic heterocycles. The van der Waals surface area contributed by atoms with Crippen LogP contribution in [-0.4, -0.2) is 18.1 Å². The number of phenolic OH excluding ortho intramolecular Hbond substituents is 1. The Balaban J connectivity index is 2.16. The van der Waals surface area contributed by atoms with Crippen LogP contribution in [-0.2, 0) is 4.79 Å². The van der Waals surface area contributed by atoms with Crippen LogP contribution in [0.3, 0.4) is 0 Å². The fraction of sp³-hybridized carbons (Fsp3) is 0.0625. The van der Waals surface area contributed by atoms with Crippen LogP contribution in [0, 0.1) is 0 Å². The van der Waals surface area contributed by atoms with Gasteiger partial charge in [-0.1, -0.05) is 27.5 Å². The summed E-state index contributed by atoms with van der Waals surface area (Å²) in [5.74, 6) is -0.0330. The molecule has 0 fully saturated rings. The molecular formula is C16H11BrClNO3. The lowest BCUT2D eigenvalue weighted by Crippen LogP contribution is -2.03. The van der Waals surface area contributed by atoms with Gasteiger partial charge in [0.05, 0.1) is 7.11 Å². The second-order valence-corrected chi connectivity index (χ2v) is 6.10. The molecule has 112 valence electrons. The minimum Gasteiger partial charge on any atom is -0.504 e. The van der Waals surface area contributed by atoms with Crippen LogP contribution < -0.4 is 10.1 Å². The molecule has 2 N–H and O–H groups in total. The van der Waals surface area contributed by atoms with Crippen molar-refractivity contribution in [3.8, 4) is 11.5 Å². The summed E-state index contributed by atoms with van der Waals surface area (Å²) in [6.07, 6.45) is 1.59. The molecule has 0 aliphatic carbocycles. The lowest BCUT2D eigenvalue weighted by molar-refractivity contribution is -0.110. The highest BCUT2D eigenvalue weighted by molar-refractivity contribution is 9.10. The van der Waals surface area contributed by atoms with Crippen LogP contribution in [0.4, 0.5) is 5.69 Å². The SMILES string of the molecule is COc1cc(Cl)cc(/C=C2/C(=O)Nc3ccc(Br)cc32)c1O. The first-order valence-corrected chi connectivity index (χ1v) is 7.56. The largest absolute Gasteiger partial charge is 0.504 e. The van der Waals surface area contributed by atoms with E-state index in [0.717, 1.165) is 15.7 Å². The number of carbonyl (C=O) groups excluding carboxylic acids is 1. The van der Waals surface area contributed by atoms with E-state index in [4.69, 9.17) is 16.3 Å². The van der Waals surface area contributed by atoms with Gasteiger partial charge in [-0.3, -0.25) is 4.79 Å². The third-order valence-corrected chi connectivity index (χ3v) is 4.07. The standard InChI is InChI=1S/C16H11BrClNO3/c1-22-14-7-10(18)4-8(15(14)20)5-12-11-6-9(17)2-3-13(11)19-16(12)21/h2-7,20H,1H3,(H,19,21)/b12-5+. The Morgan fingerprint density at radius 1 is 1.32 bits per heavy atom. The van der Waals surface area contributed by atoms with Crippen molar-refractivity contribution in [3.63, 3.8) is 0 Å². The Morgan fingerprint density at radius 2 is 2.09 bits per heavy atom. The normalized spacial score (nSPS) is 14.9. The van der Waals surface area contributed by atoms with Gasteiger partial charge in [-0.25, -0.2) is 0 Å². The van der Waals surface area contributed by atoms with E-state index in [1.807, 2.05) is 18.2 Å². The Bertz CT molecular complexity index is 817. The molecule has 4 nitrogen and oxygen atoms in total. The number of nitrogens with one attached hydrogen (secondary N) is 1. The van der Waals surface area contributed by atoms with E-state index in [1.54, 1.807) is 12.1 Å². The van der Waals surface area contributed by atoms with Crippen molar-refractivity contribution in [1.29, 1.82) is 0 Å². The maximum absolute atomic E-state index is 12.2. The number of carbonyl (C=O) groups is 1.